The first kappa shape index (κ1) is 15.5. The lowest BCUT2D eigenvalue weighted by Gasteiger charge is -2.03. The van der Waals surface area contributed by atoms with Crippen LogP contribution in [-0.2, 0) is 0 Å². The van der Waals surface area contributed by atoms with Crippen LogP contribution < -0.4 is 16.4 Å². The summed E-state index contributed by atoms with van der Waals surface area (Å²) >= 11 is 2.91. The molecule has 0 saturated heterocycles. The Morgan fingerprint density at radius 2 is 1.84 bits per heavy atom. The van der Waals surface area contributed by atoms with Crippen molar-refractivity contribution < 1.29 is 4.79 Å². The predicted octanol–water partition coefficient (Wildman–Crippen LogP) is 2.65. The molecular weight excluding hydrogens is 360 g/mol. The summed E-state index contributed by atoms with van der Waals surface area (Å²) in [5.74, 6) is -0.346. The maximum absolute atomic E-state index is 12.4. The molecule has 0 aliphatic heterocycles. The van der Waals surface area contributed by atoms with Gasteiger partial charge in [0.25, 0.3) is 5.91 Å². The van der Waals surface area contributed by atoms with Gasteiger partial charge in [-0.3, -0.25) is 19.7 Å². The van der Waals surface area contributed by atoms with Gasteiger partial charge in [-0.05, 0) is 29.6 Å². The smallest absolute Gasteiger partial charge is 0.314 e. The van der Waals surface area contributed by atoms with E-state index in [9.17, 15) is 14.4 Å². The van der Waals surface area contributed by atoms with Crippen LogP contribution in [0.2, 0.25) is 0 Å². The molecule has 0 spiro atoms. The number of hydrogen-bond donors (Lipinski definition) is 3. The van der Waals surface area contributed by atoms with Gasteiger partial charge in [0, 0.05) is 10.9 Å². The summed E-state index contributed by atoms with van der Waals surface area (Å²) in [6.45, 7) is 0. The summed E-state index contributed by atoms with van der Waals surface area (Å²) in [6, 6.07) is 8.56. The van der Waals surface area contributed by atoms with Crippen LogP contribution in [0, 0.1) is 0 Å². The number of amides is 1. The molecular formula is C16H10N4O3S2. The Labute approximate surface area is 148 Å². The molecule has 0 unspecified atom stereocenters. The van der Waals surface area contributed by atoms with Crippen LogP contribution in [0.25, 0.3) is 21.6 Å². The van der Waals surface area contributed by atoms with Gasteiger partial charge in [-0.15, -0.1) is 22.7 Å². The molecule has 7 nitrogen and oxygen atoms in total. The van der Waals surface area contributed by atoms with Crippen LogP contribution >= 0.6 is 22.7 Å². The summed E-state index contributed by atoms with van der Waals surface area (Å²) in [5, 5.41) is 7.07. The van der Waals surface area contributed by atoms with Crippen LogP contribution in [-0.4, -0.2) is 20.9 Å². The minimum Gasteiger partial charge on any atom is -0.316 e. The van der Waals surface area contributed by atoms with Gasteiger partial charge >= 0.3 is 11.1 Å². The van der Waals surface area contributed by atoms with E-state index in [0.29, 0.717) is 21.7 Å². The van der Waals surface area contributed by atoms with Crippen molar-refractivity contribution in [3.63, 3.8) is 0 Å². The van der Waals surface area contributed by atoms with Crippen molar-refractivity contribution in [2.45, 2.75) is 0 Å². The highest BCUT2D eigenvalue weighted by atomic mass is 32.1. The second-order valence-corrected chi connectivity index (χ2v) is 6.94. The fourth-order valence-electron chi connectivity index (χ4n) is 2.29. The zero-order chi connectivity index (χ0) is 17.4. The number of nitrogens with zero attached hydrogens (tertiary/aromatic N) is 1. The average molecular weight is 370 g/mol. The molecule has 0 aliphatic carbocycles. The molecule has 0 saturated carbocycles. The molecule has 0 bridgehead atoms. The monoisotopic (exact) mass is 370 g/mol. The van der Waals surface area contributed by atoms with E-state index in [4.69, 9.17) is 0 Å². The van der Waals surface area contributed by atoms with E-state index in [2.05, 4.69) is 20.3 Å². The Bertz CT molecular complexity index is 1190. The number of carbonyl (C=O) groups is 1. The molecule has 4 rings (SSSR count). The normalized spacial score (nSPS) is 10.9. The molecule has 1 amide bonds. The van der Waals surface area contributed by atoms with Crippen molar-refractivity contribution in [2.75, 3.05) is 5.32 Å². The van der Waals surface area contributed by atoms with Gasteiger partial charge in [0.15, 0.2) is 5.13 Å². The average Bonchev–Trinajstić information content (AvgIpc) is 3.26. The van der Waals surface area contributed by atoms with Crippen LogP contribution in [0.15, 0.2) is 50.7 Å². The first-order chi connectivity index (χ1) is 12.1. The highest BCUT2D eigenvalue weighted by Gasteiger charge is 2.11. The maximum atomic E-state index is 12.4. The minimum atomic E-state index is -0.759. The second kappa shape index (κ2) is 6.11. The molecule has 9 heteroatoms. The van der Waals surface area contributed by atoms with Crippen LogP contribution in [0.3, 0.4) is 0 Å². The number of benzene rings is 1. The van der Waals surface area contributed by atoms with Gasteiger partial charge in [0.05, 0.1) is 21.6 Å². The first-order valence-corrected chi connectivity index (χ1v) is 8.93. The number of thiophene rings is 1. The third kappa shape index (κ3) is 3.02. The van der Waals surface area contributed by atoms with Crippen LogP contribution in [0.1, 0.15) is 10.4 Å². The molecule has 25 heavy (non-hydrogen) atoms. The number of anilines is 1. The van der Waals surface area contributed by atoms with Gasteiger partial charge in [-0.1, -0.05) is 6.07 Å². The number of aromatic amines is 2. The van der Waals surface area contributed by atoms with E-state index in [1.165, 1.54) is 17.4 Å². The molecule has 1 aromatic carbocycles. The largest absolute Gasteiger partial charge is 0.316 e. The topological polar surface area (TPSA) is 108 Å². The fourth-order valence-corrected chi connectivity index (χ4v) is 3.76. The quantitative estimate of drug-likeness (QED) is 0.482. The number of fused-ring (bicyclic) bond motifs is 1. The predicted molar refractivity (Wildman–Crippen MR) is 98.6 cm³/mol. The number of aromatic nitrogens is 3. The summed E-state index contributed by atoms with van der Waals surface area (Å²) in [6.07, 6.45) is 0. The second-order valence-electron chi connectivity index (χ2n) is 5.14. The van der Waals surface area contributed by atoms with Crippen LogP contribution in [0.4, 0.5) is 5.13 Å². The molecule has 4 aromatic rings. The summed E-state index contributed by atoms with van der Waals surface area (Å²) in [5.41, 5.74) is 0.518. The molecule has 3 heterocycles. The van der Waals surface area contributed by atoms with E-state index in [0.717, 1.165) is 10.6 Å². The van der Waals surface area contributed by atoms with E-state index >= 15 is 0 Å². The highest BCUT2D eigenvalue weighted by molar-refractivity contribution is 7.16. The van der Waals surface area contributed by atoms with E-state index in [-0.39, 0.29) is 5.91 Å². The molecule has 0 fully saturated rings. The number of rotatable bonds is 3. The fraction of sp³-hybridized carbons (Fsp3) is 0. The van der Waals surface area contributed by atoms with Crippen molar-refractivity contribution in [3.05, 3.63) is 67.4 Å². The number of carbonyl (C=O) groups excluding carboxylic acids is 1. The molecule has 0 atom stereocenters. The van der Waals surface area contributed by atoms with Crippen molar-refractivity contribution in [2.24, 2.45) is 0 Å². The zero-order valence-corrected chi connectivity index (χ0v) is 14.2. The number of thiazole rings is 1. The Morgan fingerprint density at radius 3 is 2.60 bits per heavy atom. The van der Waals surface area contributed by atoms with E-state index in [1.807, 2.05) is 22.9 Å². The Kier molecular flexibility index (Phi) is 3.79. The van der Waals surface area contributed by atoms with E-state index < -0.39 is 11.1 Å². The van der Waals surface area contributed by atoms with Crippen molar-refractivity contribution in [1.82, 2.24) is 15.0 Å². The lowest BCUT2D eigenvalue weighted by atomic mass is 10.2. The van der Waals surface area contributed by atoms with Gasteiger partial charge in [0.2, 0.25) is 0 Å². The van der Waals surface area contributed by atoms with Gasteiger partial charge in [-0.2, -0.15) is 0 Å². The molecule has 124 valence electrons. The van der Waals surface area contributed by atoms with E-state index in [1.54, 1.807) is 23.5 Å². The van der Waals surface area contributed by atoms with Crippen molar-refractivity contribution >= 4 is 44.7 Å². The third-order valence-corrected chi connectivity index (χ3v) is 5.13. The number of H-pyrrole nitrogens is 2. The lowest BCUT2D eigenvalue weighted by molar-refractivity contribution is 0.102. The zero-order valence-electron chi connectivity index (χ0n) is 12.5. The van der Waals surface area contributed by atoms with Crippen molar-refractivity contribution in [1.29, 1.82) is 0 Å². The first-order valence-electron chi connectivity index (χ1n) is 7.17. The van der Waals surface area contributed by atoms with Gasteiger partial charge < -0.3 is 9.97 Å². The lowest BCUT2D eigenvalue weighted by Crippen LogP contribution is -2.29. The van der Waals surface area contributed by atoms with Crippen molar-refractivity contribution in [3.8, 4) is 10.6 Å². The van der Waals surface area contributed by atoms with Crippen LogP contribution in [0.5, 0.6) is 0 Å². The van der Waals surface area contributed by atoms with Gasteiger partial charge in [-0.25, -0.2) is 4.98 Å². The Balaban J connectivity index is 1.61. The molecule has 3 aromatic heterocycles. The third-order valence-electron chi connectivity index (χ3n) is 3.48. The highest BCUT2D eigenvalue weighted by Crippen LogP contribution is 2.28. The number of nitrogens with one attached hydrogen (secondary N) is 3. The molecule has 0 aliphatic rings. The standard InChI is InChI=1S/C16H10N4O3S2/c21-13(20-16-19-11(7-25-16)12-2-1-5-24-12)8-3-4-9-10(6-8)18-15(23)14(22)17-9/h1-7H,(H,17,22)(H,18,23)(H,19,20,21). The summed E-state index contributed by atoms with van der Waals surface area (Å²) in [4.78, 5) is 45.5. The Hall–Kier alpha value is -3.04. The SMILES string of the molecule is O=C(Nc1nc(-c2cccs2)cs1)c1ccc2[nH]c(=O)c(=O)[nH]c2c1. The Morgan fingerprint density at radius 1 is 1.04 bits per heavy atom. The van der Waals surface area contributed by atoms with Gasteiger partial charge in [0.1, 0.15) is 0 Å². The summed E-state index contributed by atoms with van der Waals surface area (Å²) in [7, 11) is 0. The molecule has 0 radical (unpaired) electrons. The molecule has 3 N–H and O–H groups in total. The minimum absolute atomic E-state index is 0.346. The summed E-state index contributed by atoms with van der Waals surface area (Å²) < 4.78 is 0. The number of hydrogen-bond acceptors (Lipinski definition) is 6. The maximum Gasteiger partial charge on any atom is 0.314 e.